The summed E-state index contributed by atoms with van der Waals surface area (Å²) >= 11 is 0. The topological polar surface area (TPSA) is 45.1 Å². The molecule has 1 N–H and O–H groups in total. The van der Waals surface area contributed by atoms with Crippen LogP contribution < -0.4 is 0 Å². The first-order valence-corrected chi connectivity index (χ1v) is 9.02. The Morgan fingerprint density at radius 2 is 1.79 bits per heavy atom. The first kappa shape index (κ1) is 17.4. The summed E-state index contributed by atoms with van der Waals surface area (Å²) in [5.41, 5.74) is 6.75. The van der Waals surface area contributed by atoms with Crippen LogP contribution in [0, 0.1) is 26.7 Å². The van der Waals surface area contributed by atoms with E-state index < -0.39 is 0 Å². The molecule has 0 bridgehead atoms. The summed E-state index contributed by atoms with van der Waals surface area (Å²) < 4.78 is 5.40. The van der Waals surface area contributed by atoms with Gasteiger partial charge in [-0.1, -0.05) is 29.8 Å². The molecular formula is C20H30N2O2. The third kappa shape index (κ3) is 3.35. The third-order valence-electron chi connectivity index (χ3n) is 5.76. The molecule has 1 aliphatic carbocycles. The second kappa shape index (κ2) is 6.85. The fourth-order valence-electron chi connectivity index (χ4n) is 4.83. The molecule has 0 aromatic heterocycles. The lowest BCUT2D eigenvalue weighted by atomic mass is 9.57. The Labute approximate surface area is 145 Å². The first-order valence-electron chi connectivity index (χ1n) is 9.02. The standard InChI is InChI=1S/C20H30N2O2/c1-14-9-15(2)19(16(3)10-14)20(4)11-17(12-20)18(21-23)13-22-5-7-24-8-6-22/h9-10,17,23H,5-8,11-13H2,1-4H3/b21-18-. The Morgan fingerprint density at radius 1 is 1.21 bits per heavy atom. The average molecular weight is 330 g/mol. The van der Waals surface area contributed by atoms with Crippen LogP contribution in [0.15, 0.2) is 17.3 Å². The van der Waals surface area contributed by atoms with Gasteiger partial charge in [0.15, 0.2) is 0 Å². The predicted molar refractivity (Wildman–Crippen MR) is 97.2 cm³/mol. The van der Waals surface area contributed by atoms with E-state index >= 15 is 0 Å². The number of rotatable bonds is 4. The van der Waals surface area contributed by atoms with Crippen LogP contribution in [0.3, 0.4) is 0 Å². The summed E-state index contributed by atoms with van der Waals surface area (Å²) in [6.07, 6.45) is 2.14. The molecule has 2 fully saturated rings. The van der Waals surface area contributed by atoms with Crippen molar-refractivity contribution in [2.75, 3.05) is 32.8 Å². The van der Waals surface area contributed by atoms with Crippen molar-refractivity contribution in [2.24, 2.45) is 11.1 Å². The maximum absolute atomic E-state index is 9.51. The minimum Gasteiger partial charge on any atom is -0.411 e. The SMILES string of the molecule is Cc1cc(C)c(C2(C)CC(/C(CN3CCOCC3)=N\O)C2)c(C)c1. The molecule has 0 spiro atoms. The van der Waals surface area contributed by atoms with E-state index in [4.69, 9.17) is 4.74 Å². The number of aryl methyl sites for hydroxylation is 3. The number of benzene rings is 1. The van der Waals surface area contributed by atoms with E-state index in [0.717, 1.165) is 51.4 Å². The quantitative estimate of drug-likeness (QED) is 0.522. The van der Waals surface area contributed by atoms with Crippen LogP contribution in [0.25, 0.3) is 0 Å². The Morgan fingerprint density at radius 3 is 2.33 bits per heavy atom. The van der Waals surface area contributed by atoms with Gasteiger partial charge in [-0.15, -0.1) is 0 Å². The minimum absolute atomic E-state index is 0.202. The Balaban J connectivity index is 1.69. The number of ether oxygens (including phenoxy) is 1. The van der Waals surface area contributed by atoms with Crippen LogP contribution in [0.5, 0.6) is 0 Å². The number of hydrogen-bond acceptors (Lipinski definition) is 4. The van der Waals surface area contributed by atoms with E-state index in [1.165, 1.54) is 22.3 Å². The highest BCUT2D eigenvalue weighted by Crippen LogP contribution is 2.50. The van der Waals surface area contributed by atoms with E-state index in [0.29, 0.717) is 5.92 Å². The van der Waals surface area contributed by atoms with Crippen molar-refractivity contribution >= 4 is 5.71 Å². The highest BCUT2D eigenvalue weighted by Gasteiger charge is 2.45. The van der Waals surface area contributed by atoms with Gasteiger partial charge in [-0.25, -0.2) is 0 Å². The molecule has 2 aliphatic rings. The van der Waals surface area contributed by atoms with Gasteiger partial charge in [0.1, 0.15) is 0 Å². The van der Waals surface area contributed by atoms with Crippen LogP contribution in [0.1, 0.15) is 42.0 Å². The summed E-state index contributed by atoms with van der Waals surface area (Å²) in [4.78, 5) is 2.33. The second-order valence-corrected chi connectivity index (χ2v) is 7.92. The smallest absolute Gasteiger partial charge is 0.0742 e. The van der Waals surface area contributed by atoms with E-state index in [1.807, 2.05) is 0 Å². The van der Waals surface area contributed by atoms with Crippen molar-refractivity contribution in [1.82, 2.24) is 4.90 Å². The molecule has 24 heavy (non-hydrogen) atoms. The Hall–Kier alpha value is -1.39. The van der Waals surface area contributed by atoms with Crippen molar-refractivity contribution in [3.05, 3.63) is 34.4 Å². The number of oxime groups is 1. The van der Waals surface area contributed by atoms with Gasteiger partial charge in [0, 0.05) is 25.6 Å². The molecule has 1 saturated heterocycles. The molecule has 0 unspecified atom stereocenters. The zero-order valence-electron chi connectivity index (χ0n) is 15.4. The molecule has 1 saturated carbocycles. The minimum atomic E-state index is 0.202. The molecule has 1 aromatic rings. The van der Waals surface area contributed by atoms with Crippen molar-refractivity contribution in [1.29, 1.82) is 0 Å². The van der Waals surface area contributed by atoms with Gasteiger partial charge < -0.3 is 9.94 Å². The summed E-state index contributed by atoms with van der Waals surface area (Å²) in [5, 5.41) is 13.2. The molecule has 4 nitrogen and oxygen atoms in total. The number of hydrogen-bond donors (Lipinski definition) is 1. The maximum Gasteiger partial charge on any atom is 0.0742 e. The molecule has 1 aliphatic heterocycles. The molecule has 132 valence electrons. The van der Waals surface area contributed by atoms with E-state index in [-0.39, 0.29) is 5.41 Å². The normalized spacial score (nSPS) is 28.7. The largest absolute Gasteiger partial charge is 0.411 e. The predicted octanol–water partition coefficient (Wildman–Crippen LogP) is 3.44. The fourth-order valence-corrected chi connectivity index (χ4v) is 4.83. The summed E-state index contributed by atoms with van der Waals surface area (Å²) in [5.74, 6) is 0.392. The number of morpholine rings is 1. The number of nitrogens with zero attached hydrogens (tertiary/aromatic N) is 2. The molecule has 0 atom stereocenters. The lowest BCUT2D eigenvalue weighted by Crippen LogP contribution is -2.48. The van der Waals surface area contributed by atoms with Crippen LogP contribution in [0.2, 0.25) is 0 Å². The van der Waals surface area contributed by atoms with Crippen molar-refractivity contribution in [3.8, 4) is 0 Å². The van der Waals surface area contributed by atoms with Crippen molar-refractivity contribution < 1.29 is 9.94 Å². The zero-order chi connectivity index (χ0) is 17.3. The van der Waals surface area contributed by atoms with Crippen LogP contribution >= 0.6 is 0 Å². The molecule has 1 aromatic carbocycles. The van der Waals surface area contributed by atoms with Gasteiger partial charge in [0.2, 0.25) is 0 Å². The van der Waals surface area contributed by atoms with E-state index in [1.54, 1.807) is 0 Å². The van der Waals surface area contributed by atoms with Gasteiger partial charge in [0.25, 0.3) is 0 Å². The zero-order valence-corrected chi connectivity index (χ0v) is 15.4. The van der Waals surface area contributed by atoms with Gasteiger partial charge in [-0.2, -0.15) is 0 Å². The van der Waals surface area contributed by atoms with E-state index in [2.05, 4.69) is 49.9 Å². The average Bonchev–Trinajstić information content (AvgIpc) is 2.50. The highest BCUT2D eigenvalue weighted by atomic mass is 16.5. The van der Waals surface area contributed by atoms with E-state index in [9.17, 15) is 5.21 Å². The maximum atomic E-state index is 9.51. The fraction of sp³-hybridized carbons (Fsp3) is 0.650. The molecule has 3 rings (SSSR count). The van der Waals surface area contributed by atoms with Crippen molar-refractivity contribution in [3.63, 3.8) is 0 Å². The molecule has 0 amide bonds. The first-order chi connectivity index (χ1) is 11.4. The summed E-state index contributed by atoms with van der Waals surface area (Å²) in [6, 6.07) is 4.57. The van der Waals surface area contributed by atoms with Crippen LogP contribution in [-0.4, -0.2) is 48.7 Å². The van der Waals surface area contributed by atoms with Crippen LogP contribution in [-0.2, 0) is 10.2 Å². The Kier molecular flexibility index (Phi) is 4.97. The third-order valence-corrected chi connectivity index (χ3v) is 5.76. The molecule has 0 radical (unpaired) electrons. The van der Waals surface area contributed by atoms with Gasteiger partial charge in [0.05, 0.1) is 18.9 Å². The highest BCUT2D eigenvalue weighted by molar-refractivity contribution is 5.89. The second-order valence-electron chi connectivity index (χ2n) is 7.92. The van der Waals surface area contributed by atoms with Crippen LogP contribution in [0.4, 0.5) is 0 Å². The molecular weight excluding hydrogens is 300 g/mol. The molecule has 4 heteroatoms. The molecule has 1 heterocycles. The summed E-state index contributed by atoms with van der Waals surface area (Å²) in [6.45, 7) is 13.2. The Bertz CT molecular complexity index is 604. The monoisotopic (exact) mass is 330 g/mol. The van der Waals surface area contributed by atoms with Crippen molar-refractivity contribution in [2.45, 2.75) is 46.0 Å². The van der Waals surface area contributed by atoms with Gasteiger partial charge in [-0.05, 0) is 55.7 Å². The van der Waals surface area contributed by atoms with Gasteiger partial charge >= 0.3 is 0 Å². The lowest BCUT2D eigenvalue weighted by Gasteiger charge is -2.48. The summed E-state index contributed by atoms with van der Waals surface area (Å²) in [7, 11) is 0. The lowest BCUT2D eigenvalue weighted by molar-refractivity contribution is 0.0436. The van der Waals surface area contributed by atoms with Gasteiger partial charge in [-0.3, -0.25) is 4.90 Å².